The van der Waals surface area contributed by atoms with Crippen molar-refractivity contribution < 1.29 is 13.2 Å². The maximum atomic E-state index is 12.5. The van der Waals surface area contributed by atoms with Gasteiger partial charge in [-0.2, -0.15) is 18.3 Å². The predicted molar refractivity (Wildman–Crippen MR) is 71.5 cm³/mol. The molecule has 0 N–H and O–H groups in total. The van der Waals surface area contributed by atoms with Crippen molar-refractivity contribution >= 4 is 16.6 Å². The van der Waals surface area contributed by atoms with Crippen molar-refractivity contribution in [3.05, 3.63) is 59.1 Å². The second-order valence-corrected chi connectivity index (χ2v) is 4.45. The zero-order chi connectivity index (χ0) is 15.0. The van der Waals surface area contributed by atoms with Crippen LogP contribution in [0.15, 0.2) is 53.8 Å². The zero-order valence-electron chi connectivity index (χ0n) is 10.5. The van der Waals surface area contributed by atoms with E-state index in [9.17, 15) is 18.1 Å². The van der Waals surface area contributed by atoms with Crippen molar-refractivity contribution in [1.29, 1.82) is 0 Å². The summed E-state index contributed by atoms with van der Waals surface area (Å²) >= 11 is 0. The summed E-state index contributed by atoms with van der Waals surface area (Å²) in [6.07, 6.45) is -2.73. The summed E-state index contributed by atoms with van der Waals surface area (Å²) in [7, 11) is 0. The maximum Gasteiger partial charge on any atom is 0.416 e. The van der Waals surface area contributed by atoms with Gasteiger partial charge in [-0.25, -0.2) is 4.68 Å². The van der Waals surface area contributed by atoms with Gasteiger partial charge in [-0.1, -0.05) is 0 Å². The SMILES string of the molecule is O=Nc1ccc2nn(-c3ccc(C(F)(F)F)cc3)cc2c1. The van der Waals surface area contributed by atoms with Gasteiger partial charge in [-0.15, -0.1) is 4.91 Å². The topological polar surface area (TPSA) is 47.2 Å². The highest BCUT2D eigenvalue weighted by Crippen LogP contribution is 2.30. The number of nitroso groups, excluding NO2 is 1. The van der Waals surface area contributed by atoms with Gasteiger partial charge in [0.15, 0.2) is 0 Å². The van der Waals surface area contributed by atoms with Gasteiger partial charge in [-0.05, 0) is 47.6 Å². The highest BCUT2D eigenvalue weighted by molar-refractivity contribution is 5.81. The first-order valence-electron chi connectivity index (χ1n) is 5.98. The van der Waals surface area contributed by atoms with Crippen LogP contribution in [0.5, 0.6) is 0 Å². The van der Waals surface area contributed by atoms with E-state index in [1.807, 2.05) is 0 Å². The van der Waals surface area contributed by atoms with E-state index in [-0.39, 0.29) is 5.69 Å². The van der Waals surface area contributed by atoms with Crippen molar-refractivity contribution in [2.24, 2.45) is 5.18 Å². The van der Waals surface area contributed by atoms with Crippen LogP contribution >= 0.6 is 0 Å². The molecule has 3 aromatic rings. The summed E-state index contributed by atoms with van der Waals surface area (Å²) in [5.74, 6) is 0. The maximum absolute atomic E-state index is 12.5. The highest BCUT2D eigenvalue weighted by atomic mass is 19.4. The predicted octanol–water partition coefficient (Wildman–Crippen LogP) is 4.44. The second kappa shape index (κ2) is 4.69. The number of halogens is 3. The molecule has 7 heteroatoms. The van der Waals surface area contributed by atoms with E-state index in [0.717, 1.165) is 12.1 Å². The van der Waals surface area contributed by atoms with Crippen molar-refractivity contribution in [2.75, 3.05) is 0 Å². The Kier molecular flexibility index (Phi) is 2.97. The fraction of sp³-hybridized carbons (Fsp3) is 0.0714. The van der Waals surface area contributed by atoms with Gasteiger partial charge in [0.25, 0.3) is 0 Å². The van der Waals surface area contributed by atoms with E-state index in [1.165, 1.54) is 22.9 Å². The number of benzene rings is 2. The molecule has 0 spiro atoms. The van der Waals surface area contributed by atoms with Gasteiger partial charge in [0, 0.05) is 11.6 Å². The first kappa shape index (κ1) is 13.3. The first-order chi connectivity index (χ1) is 9.97. The molecule has 0 amide bonds. The lowest BCUT2D eigenvalue weighted by Crippen LogP contribution is -2.05. The second-order valence-electron chi connectivity index (χ2n) is 4.45. The molecule has 1 aromatic heterocycles. The van der Waals surface area contributed by atoms with E-state index < -0.39 is 11.7 Å². The van der Waals surface area contributed by atoms with Crippen LogP contribution in [0.25, 0.3) is 16.6 Å². The fourth-order valence-corrected chi connectivity index (χ4v) is 2.01. The molecule has 0 saturated carbocycles. The highest BCUT2D eigenvalue weighted by Gasteiger charge is 2.30. The molecule has 0 aliphatic carbocycles. The van der Waals surface area contributed by atoms with Crippen LogP contribution in [0.1, 0.15) is 5.56 Å². The normalized spacial score (nSPS) is 11.8. The number of alkyl halides is 3. The first-order valence-corrected chi connectivity index (χ1v) is 5.98. The minimum atomic E-state index is -4.36. The van der Waals surface area contributed by atoms with Crippen molar-refractivity contribution in [2.45, 2.75) is 6.18 Å². The Morgan fingerprint density at radius 1 is 1.05 bits per heavy atom. The summed E-state index contributed by atoms with van der Waals surface area (Å²) in [6, 6.07) is 9.41. The molecular formula is C14H8F3N3O. The molecule has 1 heterocycles. The average molecular weight is 291 g/mol. The van der Waals surface area contributed by atoms with E-state index >= 15 is 0 Å². The zero-order valence-corrected chi connectivity index (χ0v) is 10.5. The monoisotopic (exact) mass is 291 g/mol. The lowest BCUT2D eigenvalue weighted by atomic mass is 10.2. The van der Waals surface area contributed by atoms with Crippen molar-refractivity contribution in [3.63, 3.8) is 0 Å². The van der Waals surface area contributed by atoms with Crippen LogP contribution in [0, 0.1) is 4.91 Å². The summed E-state index contributed by atoms with van der Waals surface area (Å²) in [5.41, 5.74) is 0.687. The quantitative estimate of drug-likeness (QED) is 0.655. The molecule has 2 aromatic carbocycles. The Morgan fingerprint density at radius 3 is 2.38 bits per heavy atom. The van der Waals surface area contributed by atoms with Crippen molar-refractivity contribution in [3.8, 4) is 5.69 Å². The van der Waals surface area contributed by atoms with Gasteiger partial charge >= 0.3 is 6.18 Å². The minimum absolute atomic E-state index is 0.273. The third-order valence-electron chi connectivity index (χ3n) is 3.05. The van der Waals surface area contributed by atoms with Crippen LogP contribution in [-0.2, 0) is 6.18 Å². The van der Waals surface area contributed by atoms with Gasteiger partial charge < -0.3 is 0 Å². The van der Waals surface area contributed by atoms with Crippen LogP contribution in [0.3, 0.4) is 0 Å². The number of hydrogen-bond donors (Lipinski definition) is 0. The van der Waals surface area contributed by atoms with Gasteiger partial charge in [0.2, 0.25) is 0 Å². The average Bonchev–Trinajstić information content (AvgIpc) is 2.89. The number of fused-ring (bicyclic) bond motifs is 1. The van der Waals surface area contributed by atoms with Crippen LogP contribution < -0.4 is 0 Å². The molecule has 0 aliphatic heterocycles. The van der Waals surface area contributed by atoms with E-state index in [0.29, 0.717) is 16.6 Å². The molecule has 3 rings (SSSR count). The molecular weight excluding hydrogens is 283 g/mol. The summed E-state index contributed by atoms with van der Waals surface area (Å²) in [4.78, 5) is 10.5. The molecule has 106 valence electrons. The van der Waals surface area contributed by atoms with Crippen LogP contribution in [-0.4, -0.2) is 9.78 Å². The van der Waals surface area contributed by atoms with Gasteiger partial charge in [0.1, 0.15) is 5.69 Å². The Bertz CT molecular complexity index is 806. The molecule has 0 bridgehead atoms. The van der Waals surface area contributed by atoms with E-state index in [1.54, 1.807) is 18.3 Å². The Morgan fingerprint density at radius 2 is 1.76 bits per heavy atom. The van der Waals surface area contributed by atoms with Gasteiger partial charge in [0.05, 0.1) is 16.8 Å². The Balaban J connectivity index is 2.02. The molecule has 21 heavy (non-hydrogen) atoms. The number of hydrogen-bond acceptors (Lipinski definition) is 3. The lowest BCUT2D eigenvalue weighted by molar-refractivity contribution is -0.137. The third kappa shape index (κ3) is 2.49. The van der Waals surface area contributed by atoms with Crippen LogP contribution in [0.4, 0.5) is 18.9 Å². The minimum Gasteiger partial charge on any atom is -0.240 e. The Hall–Kier alpha value is -2.70. The largest absolute Gasteiger partial charge is 0.416 e. The van der Waals surface area contributed by atoms with Crippen LogP contribution in [0.2, 0.25) is 0 Å². The summed E-state index contributed by atoms with van der Waals surface area (Å²) in [5, 5.41) is 7.76. The number of nitrogens with zero attached hydrogens (tertiary/aromatic N) is 3. The fourth-order valence-electron chi connectivity index (χ4n) is 2.01. The van der Waals surface area contributed by atoms with E-state index in [2.05, 4.69) is 10.3 Å². The molecule has 0 saturated heterocycles. The van der Waals surface area contributed by atoms with E-state index in [4.69, 9.17) is 0 Å². The number of rotatable bonds is 2. The van der Waals surface area contributed by atoms with Gasteiger partial charge in [-0.3, -0.25) is 0 Å². The van der Waals surface area contributed by atoms with Crippen molar-refractivity contribution in [1.82, 2.24) is 9.78 Å². The molecule has 0 aliphatic rings. The smallest absolute Gasteiger partial charge is 0.240 e. The standard InChI is InChI=1S/C14H8F3N3O/c15-14(16,17)10-1-4-12(5-2-10)20-8-9-7-11(19-21)3-6-13(9)18-20/h1-8H. The molecule has 4 nitrogen and oxygen atoms in total. The Labute approximate surface area is 116 Å². The lowest BCUT2D eigenvalue weighted by Gasteiger charge is -2.07. The number of aromatic nitrogens is 2. The molecule has 0 radical (unpaired) electrons. The summed E-state index contributed by atoms with van der Waals surface area (Å²) in [6.45, 7) is 0. The summed E-state index contributed by atoms with van der Waals surface area (Å²) < 4.78 is 39.0. The molecule has 0 unspecified atom stereocenters. The third-order valence-corrected chi connectivity index (χ3v) is 3.05. The molecule has 0 atom stereocenters. The molecule has 0 fully saturated rings.